The van der Waals surface area contributed by atoms with Crippen molar-refractivity contribution in [1.29, 1.82) is 0 Å². The molecule has 25 heavy (non-hydrogen) atoms. The van der Waals surface area contributed by atoms with Crippen LogP contribution in [0.5, 0.6) is 0 Å². The van der Waals surface area contributed by atoms with E-state index in [2.05, 4.69) is 0 Å². The molecule has 126 valence electrons. The molecule has 1 aliphatic rings. The molecule has 0 aromatic heterocycles. The molecule has 0 spiro atoms. The van der Waals surface area contributed by atoms with Gasteiger partial charge in [0.05, 0.1) is 29.8 Å². The first-order valence-electron chi connectivity index (χ1n) is 7.74. The molecule has 0 unspecified atom stereocenters. The number of carbonyl (C=O) groups is 1. The third kappa shape index (κ3) is 2.37. The number of hydrogen-bond donors (Lipinski definition) is 0. The predicted octanol–water partition coefficient (Wildman–Crippen LogP) is 3.34. The average molecular weight is 353 g/mol. The van der Waals surface area contributed by atoms with E-state index in [-0.39, 0.29) is 6.54 Å². The van der Waals surface area contributed by atoms with Crippen LogP contribution in [0.25, 0.3) is 10.8 Å². The van der Waals surface area contributed by atoms with Gasteiger partial charge in [0.1, 0.15) is 0 Å². The predicted molar refractivity (Wildman–Crippen MR) is 95.1 cm³/mol. The lowest BCUT2D eigenvalue weighted by molar-refractivity contribution is 0.0600. The Kier molecular flexibility index (Phi) is 3.51. The standard InChI is InChI=1S/C19H15NO4S/c1-24-19(21)15-8-2-5-13(11-15)12-20-16-9-3-6-14-7-4-10-17(18(14)16)25(20,22)23/h2-11H,12H2,1H3. The largest absolute Gasteiger partial charge is 0.465 e. The maximum Gasteiger partial charge on any atom is 0.337 e. The van der Waals surface area contributed by atoms with Crippen LogP contribution in [-0.2, 0) is 21.3 Å². The molecule has 1 heterocycles. The lowest BCUT2D eigenvalue weighted by Gasteiger charge is -2.19. The van der Waals surface area contributed by atoms with E-state index in [0.717, 1.165) is 16.3 Å². The van der Waals surface area contributed by atoms with E-state index in [0.29, 0.717) is 16.1 Å². The quantitative estimate of drug-likeness (QED) is 0.678. The summed E-state index contributed by atoms with van der Waals surface area (Å²) in [6, 6.07) is 17.7. The lowest BCUT2D eigenvalue weighted by atomic mass is 10.1. The molecular formula is C19H15NO4S. The average Bonchev–Trinajstić information content (AvgIpc) is 2.85. The highest BCUT2D eigenvalue weighted by Gasteiger charge is 2.35. The normalized spacial score (nSPS) is 14.7. The molecule has 0 bridgehead atoms. The van der Waals surface area contributed by atoms with Gasteiger partial charge in [0.15, 0.2) is 0 Å². The van der Waals surface area contributed by atoms with Gasteiger partial charge in [0.2, 0.25) is 0 Å². The summed E-state index contributed by atoms with van der Waals surface area (Å²) in [4.78, 5) is 12.0. The van der Waals surface area contributed by atoms with Crippen LogP contribution >= 0.6 is 0 Å². The van der Waals surface area contributed by atoms with Crippen molar-refractivity contribution in [3.8, 4) is 0 Å². The molecule has 4 rings (SSSR count). The number of sulfonamides is 1. The van der Waals surface area contributed by atoms with Crippen LogP contribution in [0, 0.1) is 0 Å². The second kappa shape index (κ2) is 5.60. The number of anilines is 1. The lowest BCUT2D eigenvalue weighted by Crippen LogP contribution is -2.26. The van der Waals surface area contributed by atoms with Crippen molar-refractivity contribution < 1.29 is 17.9 Å². The van der Waals surface area contributed by atoms with Crippen LogP contribution in [0.2, 0.25) is 0 Å². The van der Waals surface area contributed by atoms with Gasteiger partial charge in [-0.3, -0.25) is 4.31 Å². The van der Waals surface area contributed by atoms with Crippen LogP contribution in [-0.4, -0.2) is 21.5 Å². The van der Waals surface area contributed by atoms with E-state index in [9.17, 15) is 13.2 Å². The molecule has 0 aliphatic carbocycles. The van der Waals surface area contributed by atoms with Crippen LogP contribution in [0.3, 0.4) is 0 Å². The first kappa shape index (κ1) is 15.7. The molecular weight excluding hydrogens is 338 g/mol. The minimum absolute atomic E-state index is 0.154. The second-order valence-electron chi connectivity index (χ2n) is 5.84. The van der Waals surface area contributed by atoms with Crippen LogP contribution in [0.15, 0.2) is 65.6 Å². The van der Waals surface area contributed by atoms with Crippen molar-refractivity contribution in [3.05, 3.63) is 71.8 Å². The van der Waals surface area contributed by atoms with Crippen molar-refractivity contribution in [3.63, 3.8) is 0 Å². The number of benzene rings is 3. The number of hydrogen-bond acceptors (Lipinski definition) is 4. The fraction of sp³-hybridized carbons (Fsp3) is 0.105. The third-order valence-electron chi connectivity index (χ3n) is 4.36. The van der Waals surface area contributed by atoms with Crippen LogP contribution in [0.1, 0.15) is 15.9 Å². The van der Waals surface area contributed by atoms with Gasteiger partial charge in [0, 0.05) is 5.39 Å². The Bertz CT molecular complexity index is 1100. The fourth-order valence-electron chi connectivity index (χ4n) is 3.21. The highest BCUT2D eigenvalue weighted by Crippen LogP contribution is 2.42. The van der Waals surface area contributed by atoms with Gasteiger partial charge in [-0.25, -0.2) is 13.2 Å². The summed E-state index contributed by atoms with van der Waals surface area (Å²) in [5.41, 5.74) is 1.78. The summed E-state index contributed by atoms with van der Waals surface area (Å²) in [6.45, 7) is 0.154. The SMILES string of the molecule is COC(=O)c1cccc(CN2c3cccc4cccc(c34)S2(=O)=O)c1. The first-order chi connectivity index (χ1) is 12.0. The second-order valence-corrected chi connectivity index (χ2v) is 7.67. The van der Waals surface area contributed by atoms with Crippen molar-refractivity contribution in [1.82, 2.24) is 0 Å². The number of esters is 1. The number of carbonyl (C=O) groups excluding carboxylic acids is 1. The Morgan fingerprint density at radius 3 is 2.52 bits per heavy atom. The van der Waals surface area contributed by atoms with E-state index in [1.165, 1.54) is 11.4 Å². The first-order valence-corrected chi connectivity index (χ1v) is 9.18. The van der Waals surface area contributed by atoms with Gasteiger partial charge in [-0.1, -0.05) is 36.4 Å². The molecule has 0 atom stereocenters. The molecule has 0 N–H and O–H groups in total. The number of nitrogens with zero attached hydrogens (tertiary/aromatic N) is 1. The van der Waals surface area contributed by atoms with Gasteiger partial charge in [-0.15, -0.1) is 0 Å². The topological polar surface area (TPSA) is 63.7 Å². The summed E-state index contributed by atoms with van der Waals surface area (Å²) in [6.07, 6.45) is 0. The van der Waals surface area contributed by atoms with Crippen molar-refractivity contribution in [2.75, 3.05) is 11.4 Å². The maximum atomic E-state index is 13.0. The van der Waals surface area contributed by atoms with Gasteiger partial charge >= 0.3 is 5.97 Å². The Labute approximate surface area is 145 Å². The Hall–Kier alpha value is -2.86. The molecule has 0 saturated heterocycles. The number of ether oxygens (including phenoxy) is 1. The van der Waals surface area contributed by atoms with Gasteiger partial charge in [-0.05, 0) is 35.2 Å². The van der Waals surface area contributed by atoms with Crippen molar-refractivity contribution >= 4 is 32.5 Å². The van der Waals surface area contributed by atoms with E-state index in [4.69, 9.17) is 4.74 Å². The molecule has 3 aromatic rings. The smallest absolute Gasteiger partial charge is 0.337 e. The van der Waals surface area contributed by atoms with E-state index >= 15 is 0 Å². The number of methoxy groups -OCH3 is 1. The minimum atomic E-state index is -3.62. The Balaban J connectivity index is 1.80. The maximum absolute atomic E-state index is 13.0. The Morgan fingerprint density at radius 1 is 1.04 bits per heavy atom. The monoisotopic (exact) mass is 353 g/mol. The highest BCUT2D eigenvalue weighted by molar-refractivity contribution is 7.93. The van der Waals surface area contributed by atoms with Crippen molar-refractivity contribution in [2.45, 2.75) is 11.4 Å². The van der Waals surface area contributed by atoms with Gasteiger partial charge in [0.25, 0.3) is 10.0 Å². The molecule has 5 nitrogen and oxygen atoms in total. The van der Waals surface area contributed by atoms with Crippen LogP contribution < -0.4 is 4.31 Å². The summed E-state index contributed by atoms with van der Waals surface area (Å²) >= 11 is 0. The molecule has 0 radical (unpaired) electrons. The molecule has 1 aliphatic heterocycles. The molecule has 3 aromatic carbocycles. The molecule has 0 fully saturated rings. The summed E-state index contributed by atoms with van der Waals surface area (Å²) < 4.78 is 32.1. The number of rotatable bonds is 3. The van der Waals surface area contributed by atoms with Crippen molar-refractivity contribution in [2.24, 2.45) is 0 Å². The molecule has 0 amide bonds. The summed E-state index contributed by atoms with van der Waals surface area (Å²) in [5.74, 6) is -0.448. The Morgan fingerprint density at radius 2 is 1.76 bits per heavy atom. The zero-order chi connectivity index (χ0) is 17.6. The summed E-state index contributed by atoms with van der Waals surface area (Å²) in [7, 11) is -2.30. The van der Waals surface area contributed by atoms with Gasteiger partial charge < -0.3 is 4.74 Å². The van der Waals surface area contributed by atoms with E-state index in [1.54, 1.807) is 42.5 Å². The summed E-state index contributed by atoms with van der Waals surface area (Å²) in [5, 5.41) is 1.64. The van der Waals surface area contributed by atoms with E-state index < -0.39 is 16.0 Å². The highest BCUT2D eigenvalue weighted by atomic mass is 32.2. The molecule has 6 heteroatoms. The van der Waals surface area contributed by atoms with E-state index in [1.807, 2.05) is 18.2 Å². The molecule has 0 saturated carbocycles. The zero-order valence-electron chi connectivity index (χ0n) is 13.5. The zero-order valence-corrected chi connectivity index (χ0v) is 14.3. The third-order valence-corrected chi connectivity index (χ3v) is 6.16. The van der Waals surface area contributed by atoms with Gasteiger partial charge in [-0.2, -0.15) is 0 Å². The van der Waals surface area contributed by atoms with Crippen LogP contribution in [0.4, 0.5) is 5.69 Å². The fourth-order valence-corrected chi connectivity index (χ4v) is 4.91. The minimum Gasteiger partial charge on any atom is -0.465 e.